The van der Waals surface area contributed by atoms with Crippen LogP contribution < -0.4 is 0 Å². The van der Waals surface area contributed by atoms with Gasteiger partial charge in [0, 0.05) is 10.6 Å². The molecule has 0 unspecified atom stereocenters. The van der Waals surface area contributed by atoms with E-state index in [4.69, 9.17) is 11.6 Å². The Morgan fingerprint density at radius 3 is 2.06 bits per heavy atom. The summed E-state index contributed by atoms with van der Waals surface area (Å²) in [5, 5.41) is 0.103. The summed E-state index contributed by atoms with van der Waals surface area (Å²) in [6.45, 7) is 0. The molecule has 0 aromatic heterocycles. The van der Waals surface area contributed by atoms with Crippen molar-refractivity contribution in [1.29, 1.82) is 0 Å². The van der Waals surface area contributed by atoms with Crippen LogP contribution in [0.5, 0.6) is 0 Å². The van der Waals surface area contributed by atoms with E-state index < -0.39 is 11.7 Å². The minimum atomic E-state index is -4.36. The van der Waals surface area contributed by atoms with Crippen molar-refractivity contribution >= 4 is 11.6 Å². The van der Waals surface area contributed by atoms with Crippen molar-refractivity contribution in [3.05, 3.63) is 59.1 Å². The molecule has 0 aliphatic heterocycles. The molecule has 0 radical (unpaired) electrons. The fraction of sp³-hybridized carbons (Fsp3) is 0.0769. The highest BCUT2D eigenvalue weighted by molar-refractivity contribution is 6.33. The molecule has 0 saturated heterocycles. The summed E-state index contributed by atoms with van der Waals surface area (Å²) in [5.41, 5.74) is 0.661. The van der Waals surface area contributed by atoms with Crippen LogP contribution in [-0.2, 0) is 6.18 Å². The standard InChI is InChI=1S/C13H8ClF3/c14-12-8-10(13(15,16)17)6-7-11(12)9-4-2-1-3-5-9/h1-8H. The Morgan fingerprint density at radius 1 is 0.882 bits per heavy atom. The van der Waals surface area contributed by atoms with E-state index in [1.807, 2.05) is 18.2 Å². The number of halogens is 4. The number of hydrogen-bond acceptors (Lipinski definition) is 0. The normalized spacial score (nSPS) is 11.5. The SMILES string of the molecule is FC(F)(F)c1ccc(-c2ccccc2)c(Cl)c1. The fourth-order valence-corrected chi connectivity index (χ4v) is 1.83. The second kappa shape index (κ2) is 4.41. The maximum atomic E-state index is 12.4. The monoisotopic (exact) mass is 256 g/mol. The maximum Gasteiger partial charge on any atom is 0.416 e. The summed E-state index contributed by atoms with van der Waals surface area (Å²) in [7, 11) is 0. The van der Waals surface area contributed by atoms with Crippen molar-refractivity contribution in [3.8, 4) is 11.1 Å². The van der Waals surface area contributed by atoms with Crippen molar-refractivity contribution in [3.63, 3.8) is 0 Å². The van der Waals surface area contributed by atoms with Crippen LogP contribution in [0.3, 0.4) is 0 Å². The van der Waals surface area contributed by atoms with Gasteiger partial charge in [0.25, 0.3) is 0 Å². The molecule has 0 atom stereocenters. The lowest BCUT2D eigenvalue weighted by Gasteiger charge is -2.09. The molecule has 4 heteroatoms. The van der Waals surface area contributed by atoms with E-state index in [0.717, 1.165) is 17.7 Å². The highest BCUT2D eigenvalue weighted by Gasteiger charge is 2.30. The molecule has 17 heavy (non-hydrogen) atoms. The Balaban J connectivity index is 2.46. The van der Waals surface area contributed by atoms with Crippen LogP contribution in [0.2, 0.25) is 5.02 Å². The van der Waals surface area contributed by atoms with Gasteiger partial charge in [0.2, 0.25) is 0 Å². The molecule has 0 amide bonds. The molecule has 0 bridgehead atoms. The highest BCUT2D eigenvalue weighted by atomic mass is 35.5. The van der Waals surface area contributed by atoms with Gasteiger partial charge in [-0.2, -0.15) is 13.2 Å². The Labute approximate surface area is 102 Å². The number of alkyl halides is 3. The molecule has 88 valence electrons. The predicted molar refractivity (Wildman–Crippen MR) is 61.9 cm³/mol. The Hall–Kier alpha value is -1.48. The van der Waals surface area contributed by atoms with Gasteiger partial charge in [-0.1, -0.05) is 48.0 Å². The first-order chi connectivity index (χ1) is 7.98. The molecule has 2 rings (SSSR count). The van der Waals surface area contributed by atoms with Gasteiger partial charge < -0.3 is 0 Å². The second-order valence-electron chi connectivity index (χ2n) is 3.56. The van der Waals surface area contributed by atoms with E-state index >= 15 is 0 Å². The Bertz CT molecular complexity index is 518. The van der Waals surface area contributed by atoms with Crippen molar-refractivity contribution in [2.24, 2.45) is 0 Å². The smallest absolute Gasteiger partial charge is 0.166 e. The fourth-order valence-electron chi connectivity index (χ4n) is 1.54. The predicted octanol–water partition coefficient (Wildman–Crippen LogP) is 5.03. The first kappa shape index (κ1) is 12.0. The van der Waals surface area contributed by atoms with E-state index in [-0.39, 0.29) is 5.02 Å². The molecule has 0 aliphatic carbocycles. The quantitative estimate of drug-likeness (QED) is 0.672. The van der Waals surface area contributed by atoms with Gasteiger partial charge in [0.15, 0.2) is 0 Å². The van der Waals surface area contributed by atoms with Gasteiger partial charge in [-0.15, -0.1) is 0 Å². The van der Waals surface area contributed by atoms with Crippen molar-refractivity contribution in [2.75, 3.05) is 0 Å². The van der Waals surface area contributed by atoms with Gasteiger partial charge in [-0.3, -0.25) is 0 Å². The highest BCUT2D eigenvalue weighted by Crippen LogP contribution is 2.35. The maximum absolute atomic E-state index is 12.4. The van der Waals surface area contributed by atoms with Gasteiger partial charge in [-0.25, -0.2) is 0 Å². The van der Waals surface area contributed by atoms with E-state index in [2.05, 4.69) is 0 Å². The minimum absolute atomic E-state index is 0.103. The van der Waals surface area contributed by atoms with Crippen LogP contribution >= 0.6 is 11.6 Å². The van der Waals surface area contributed by atoms with Crippen LogP contribution in [-0.4, -0.2) is 0 Å². The third-order valence-electron chi connectivity index (χ3n) is 2.38. The Kier molecular flexibility index (Phi) is 3.11. The first-order valence-electron chi connectivity index (χ1n) is 4.90. The third kappa shape index (κ3) is 2.61. The lowest BCUT2D eigenvalue weighted by atomic mass is 10.0. The Morgan fingerprint density at radius 2 is 1.53 bits per heavy atom. The van der Waals surface area contributed by atoms with Crippen LogP contribution in [0.15, 0.2) is 48.5 Å². The summed E-state index contributed by atoms with van der Waals surface area (Å²) in [4.78, 5) is 0. The zero-order valence-electron chi connectivity index (χ0n) is 8.63. The summed E-state index contributed by atoms with van der Waals surface area (Å²) in [6, 6.07) is 12.4. The van der Waals surface area contributed by atoms with E-state index in [9.17, 15) is 13.2 Å². The molecular formula is C13H8ClF3. The molecular weight excluding hydrogens is 249 g/mol. The first-order valence-corrected chi connectivity index (χ1v) is 5.28. The lowest BCUT2D eigenvalue weighted by Crippen LogP contribution is -2.04. The summed E-state index contributed by atoms with van der Waals surface area (Å²) in [5.74, 6) is 0. The van der Waals surface area contributed by atoms with Gasteiger partial charge in [0.05, 0.1) is 5.56 Å². The second-order valence-corrected chi connectivity index (χ2v) is 3.97. The van der Waals surface area contributed by atoms with Crippen molar-refractivity contribution < 1.29 is 13.2 Å². The van der Waals surface area contributed by atoms with Crippen molar-refractivity contribution in [2.45, 2.75) is 6.18 Å². The molecule has 0 N–H and O–H groups in total. The topological polar surface area (TPSA) is 0 Å². The van der Waals surface area contributed by atoms with Crippen molar-refractivity contribution in [1.82, 2.24) is 0 Å². The van der Waals surface area contributed by atoms with E-state index in [1.54, 1.807) is 12.1 Å². The molecule has 0 fully saturated rings. The van der Waals surface area contributed by atoms with Crippen LogP contribution in [0.1, 0.15) is 5.56 Å². The minimum Gasteiger partial charge on any atom is -0.166 e. The third-order valence-corrected chi connectivity index (χ3v) is 2.69. The largest absolute Gasteiger partial charge is 0.416 e. The van der Waals surface area contributed by atoms with Crippen LogP contribution in [0.4, 0.5) is 13.2 Å². The summed E-state index contributed by atoms with van der Waals surface area (Å²) < 4.78 is 37.3. The van der Waals surface area contributed by atoms with Gasteiger partial charge in [0.1, 0.15) is 0 Å². The molecule has 2 aromatic carbocycles. The molecule has 0 heterocycles. The van der Waals surface area contributed by atoms with Crippen LogP contribution in [0, 0.1) is 0 Å². The average molecular weight is 257 g/mol. The molecule has 2 aromatic rings. The zero-order valence-corrected chi connectivity index (χ0v) is 9.39. The zero-order chi connectivity index (χ0) is 12.5. The summed E-state index contributed by atoms with van der Waals surface area (Å²) in [6.07, 6.45) is -4.36. The average Bonchev–Trinajstić information content (AvgIpc) is 2.29. The molecule has 0 saturated carbocycles. The van der Waals surface area contributed by atoms with E-state index in [1.165, 1.54) is 6.07 Å². The molecule has 0 nitrogen and oxygen atoms in total. The molecule has 0 spiro atoms. The number of benzene rings is 2. The summed E-state index contributed by atoms with van der Waals surface area (Å²) >= 11 is 5.87. The van der Waals surface area contributed by atoms with Gasteiger partial charge >= 0.3 is 6.18 Å². The number of hydrogen-bond donors (Lipinski definition) is 0. The van der Waals surface area contributed by atoms with Crippen LogP contribution in [0.25, 0.3) is 11.1 Å². The lowest BCUT2D eigenvalue weighted by molar-refractivity contribution is -0.137. The van der Waals surface area contributed by atoms with Gasteiger partial charge in [-0.05, 0) is 17.7 Å². The number of rotatable bonds is 1. The van der Waals surface area contributed by atoms with E-state index in [0.29, 0.717) is 5.56 Å². The molecule has 0 aliphatic rings.